The van der Waals surface area contributed by atoms with Crippen LogP contribution in [0.15, 0.2) is 36.4 Å². The van der Waals surface area contributed by atoms with E-state index in [0.717, 1.165) is 14.4 Å². The first-order valence-corrected chi connectivity index (χ1v) is 5.99. The smallest absolute Gasteiger partial charge is 0.0992 e. The summed E-state index contributed by atoms with van der Waals surface area (Å²) in [5.74, 6) is 0. The van der Waals surface area contributed by atoms with E-state index in [1.807, 2.05) is 36.4 Å². The van der Waals surface area contributed by atoms with Gasteiger partial charge >= 0.3 is 0 Å². The fourth-order valence-corrected chi connectivity index (χ4v) is 3.24. The van der Waals surface area contributed by atoms with E-state index >= 15 is 0 Å². The predicted molar refractivity (Wildman–Crippen MR) is 69.1 cm³/mol. The zero-order valence-corrected chi connectivity index (χ0v) is 9.77. The van der Waals surface area contributed by atoms with Gasteiger partial charge in [-0.15, -0.1) is 11.3 Å². The number of fused-ring (bicyclic) bond motifs is 3. The van der Waals surface area contributed by atoms with Gasteiger partial charge in [-0.2, -0.15) is 5.26 Å². The minimum atomic E-state index is 0.699. The van der Waals surface area contributed by atoms with Crippen molar-refractivity contribution in [1.82, 2.24) is 0 Å². The molecule has 0 saturated carbocycles. The number of halogens is 1. The third-order valence-electron chi connectivity index (χ3n) is 2.56. The van der Waals surface area contributed by atoms with Crippen molar-refractivity contribution in [3.05, 3.63) is 47.0 Å². The van der Waals surface area contributed by atoms with Crippen molar-refractivity contribution < 1.29 is 0 Å². The summed E-state index contributed by atoms with van der Waals surface area (Å²) >= 11 is 7.63. The average Bonchev–Trinajstić information content (AvgIpc) is 2.64. The lowest BCUT2D eigenvalue weighted by molar-refractivity contribution is 1.50. The van der Waals surface area contributed by atoms with Gasteiger partial charge in [0.1, 0.15) is 0 Å². The molecule has 3 aromatic rings. The number of hydrogen-bond donors (Lipinski definition) is 0. The number of nitrogens with zero attached hydrogens (tertiary/aromatic N) is 1. The fraction of sp³-hybridized carbons (Fsp3) is 0. The topological polar surface area (TPSA) is 23.8 Å². The summed E-state index contributed by atoms with van der Waals surface area (Å²) in [6, 6.07) is 13.8. The highest BCUT2D eigenvalue weighted by molar-refractivity contribution is 7.25. The number of hydrogen-bond acceptors (Lipinski definition) is 2. The fourth-order valence-electron chi connectivity index (χ4n) is 1.82. The average molecular weight is 244 g/mol. The van der Waals surface area contributed by atoms with E-state index in [0.29, 0.717) is 5.56 Å². The van der Waals surface area contributed by atoms with Gasteiger partial charge in [0, 0.05) is 25.2 Å². The quantitative estimate of drug-likeness (QED) is 0.567. The molecule has 1 aromatic heterocycles. The molecule has 0 aliphatic rings. The van der Waals surface area contributed by atoms with Gasteiger partial charge in [-0.1, -0.05) is 23.7 Å². The Morgan fingerprint density at radius 3 is 2.44 bits per heavy atom. The first-order chi connectivity index (χ1) is 7.78. The zero-order valence-electron chi connectivity index (χ0n) is 8.20. The highest BCUT2D eigenvalue weighted by Crippen LogP contribution is 2.35. The summed E-state index contributed by atoms with van der Waals surface area (Å²) in [4.78, 5) is 0. The van der Waals surface area contributed by atoms with Gasteiger partial charge in [-0.05, 0) is 24.3 Å². The van der Waals surface area contributed by atoms with Crippen LogP contribution >= 0.6 is 22.9 Å². The molecule has 3 heteroatoms. The normalized spacial score (nSPS) is 10.8. The van der Waals surface area contributed by atoms with Crippen molar-refractivity contribution >= 4 is 43.1 Å². The van der Waals surface area contributed by atoms with Crippen LogP contribution < -0.4 is 0 Å². The van der Waals surface area contributed by atoms with Crippen molar-refractivity contribution in [2.24, 2.45) is 0 Å². The second-order valence-corrected chi connectivity index (χ2v) is 5.09. The molecular formula is C13H6ClNS. The summed E-state index contributed by atoms with van der Waals surface area (Å²) in [6.07, 6.45) is 0. The molecule has 1 nitrogen and oxygen atoms in total. The van der Waals surface area contributed by atoms with E-state index in [-0.39, 0.29) is 0 Å². The molecule has 0 aliphatic heterocycles. The van der Waals surface area contributed by atoms with E-state index in [4.69, 9.17) is 16.9 Å². The van der Waals surface area contributed by atoms with Crippen molar-refractivity contribution in [2.45, 2.75) is 0 Å². The van der Waals surface area contributed by atoms with Crippen LogP contribution in [0.3, 0.4) is 0 Å². The minimum Gasteiger partial charge on any atom is -0.192 e. The molecule has 16 heavy (non-hydrogen) atoms. The number of thiophene rings is 1. The van der Waals surface area contributed by atoms with E-state index in [1.54, 1.807) is 11.3 Å². The predicted octanol–water partition coefficient (Wildman–Crippen LogP) is 4.58. The Labute approximate surface area is 101 Å². The molecule has 3 rings (SSSR count). The van der Waals surface area contributed by atoms with E-state index < -0.39 is 0 Å². The maximum atomic E-state index is 8.85. The molecule has 0 aliphatic carbocycles. The van der Waals surface area contributed by atoms with Gasteiger partial charge < -0.3 is 0 Å². The largest absolute Gasteiger partial charge is 0.192 e. The van der Waals surface area contributed by atoms with Crippen molar-refractivity contribution in [2.75, 3.05) is 0 Å². The Hall–Kier alpha value is -1.56. The lowest BCUT2D eigenvalue weighted by Gasteiger charge is -1.92. The van der Waals surface area contributed by atoms with Gasteiger partial charge in [0.2, 0.25) is 0 Å². The third-order valence-corrected chi connectivity index (χ3v) is 3.91. The molecular weight excluding hydrogens is 238 g/mol. The lowest BCUT2D eigenvalue weighted by Crippen LogP contribution is -1.71. The van der Waals surface area contributed by atoms with Crippen LogP contribution in [0.5, 0.6) is 0 Å². The standard InChI is InChI=1S/C13H6ClNS/c14-9-2-4-11-10-3-1-8(7-15)5-12(10)16-13(11)6-9/h1-6H. The molecule has 0 amide bonds. The first-order valence-electron chi connectivity index (χ1n) is 4.80. The SMILES string of the molecule is N#Cc1ccc2c(c1)sc1cc(Cl)ccc12. The summed E-state index contributed by atoms with van der Waals surface area (Å²) in [5.41, 5.74) is 0.699. The Kier molecular flexibility index (Phi) is 2.10. The molecule has 2 aromatic carbocycles. The molecule has 0 N–H and O–H groups in total. The Bertz CT molecular complexity index is 737. The number of nitriles is 1. The minimum absolute atomic E-state index is 0.699. The zero-order chi connectivity index (χ0) is 11.1. The summed E-state index contributed by atoms with van der Waals surface area (Å²) in [5, 5.41) is 12.0. The molecule has 0 saturated heterocycles. The maximum absolute atomic E-state index is 8.85. The van der Waals surface area contributed by atoms with Gasteiger partial charge in [0.15, 0.2) is 0 Å². The molecule has 76 valence electrons. The molecule has 0 radical (unpaired) electrons. The van der Waals surface area contributed by atoms with Crippen molar-refractivity contribution in [3.8, 4) is 6.07 Å². The van der Waals surface area contributed by atoms with E-state index in [2.05, 4.69) is 6.07 Å². The van der Waals surface area contributed by atoms with Crippen LogP contribution in [-0.2, 0) is 0 Å². The summed E-state index contributed by atoms with van der Waals surface area (Å²) in [6.45, 7) is 0. The second-order valence-electron chi connectivity index (χ2n) is 3.57. The second kappa shape index (κ2) is 3.48. The Morgan fingerprint density at radius 2 is 1.69 bits per heavy atom. The van der Waals surface area contributed by atoms with Crippen LogP contribution in [0, 0.1) is 11.3 Å². The summed E-state index contributed by atoms with van der Waals surface area (Å²) in [7, 11) is 0. The van der Waals surface area contributed by atoms with Crippen LogP contribution in [-0.4, -0.2) is 0 Å². The molecule has 0 spiro atoms. The molecule has 0 unspecified atom stereocenters. The monoisotopic (exact) mass is 243 g/mol. The molecule has 0 fully saturated rings. The van der Waals surface area contributed by atoms with Crippen molar-refractivity contribution in [1.29, 1.82) is 5.26 Å². The highest BCUT2D eigenvalue weighted by Gasteiger charge is 2.05. The van der Waals surface area contributed by atoms with Crippen LogP contribution in [0.1, 0.15) is 5.56 Å². The number of rotatable bonds is 0. The van der Waals surface area contributed by atoms with E-state index in [1.165, 1.54) is 10.8 Å². The van der Waals surface area contributed by atoms with Crippen LogP contribution in [0.4, 0.5) is 0 Å². The lowest BCUT2D eigenvalue weighted by atomic mass is 10.1. The Balaban J connectivity index is 2.46. The highest BCUT2D eigenvalue weighted by atomic mass is 35.5. The Morgan fingerprint density at radius 1 is 1.00 bits per heavy atom. The molecule has 0 bridgehead atoms. The molecule has 1 heterocycles. The van der Waals surface area contributed by atoms with Gasteiger partial charge in [0.25, 0.3) is 0 Å². The van der Waals surface area contributed by atoms with Gasteiger partial charge in [-0.3, -0.25) is 0 Å². The van der Waals surface area contributed by atoms with E-state index in [9.17, 15) is 0 Å². The van der Waals surface area contributed by atoms with Gasteiger partial charge in [0.05, 0.1) is 11.6 Å². The van der Waals surface area contributed by atoms with Crippen LogP contribution in [0.25, 0.3) is 20.2 Å². The summed E-state index contributed by atoms with van der Waals surface area (Å²) < 4.78 is 2.30. The van der Waals surface area contributed by atoms with Crippen LogP contribution in [0.2, 0.25) is 5.02 Å². The maximum Gasteiger partial charge on any atom is 0.0992 e. The van der Waals surface area contributed by atoms with Gasteiger partial charge in [-0.25, -0.2) is 0 Å². The molecule has 0 atom stereocenters. The third kappa shape index (κ3) is 1.37. The first kappa shape index (κ1) is 9.65. The van der Waals surface area contributed by atoms with Crippen molar-refractivity contribution in [3.63, 3.8) is 0 Å². The number of benzene rings is 2.